The molecule has 0 fully saturated rings. The number of benzene rings is 1. The molecule has 1 heterocycles. The Bertz CT molecular complexity index is 954. The second kappa shape index (κ2) is 7.98. The van der Waals surface area contributed by atoms with E-state index >= 15 is 0 Å². The first-order valence-corrected chi connectivity index (χ1v) is 10.1. The molecule has 1 aromatic carbocycles. The molecule has 0 spiro atoms. The monoisotopic (exact) mass is 462 g/mol. The molecule has 0 aliphatic rings. The van der Waals surface area contributed by atoms with E-state index in [2.05, 4.69) is 4.98 Å². The van der Waals surface area contributed by atoms with Crippen LogP contribution in [-0.4, -0.2) is 35.7 Å². The van der Waals surface area contributed by atoms with Crippen molar-refractivity contribution < 1.29 is 26.4 Å². The van der Waals surface area contributed by atoms with Gasteiger partial charge in [-0.25, -0.2) is 13.4 Å². The maximum Gasteiger partial charge on any atom is 0.391 e. The van der Waals surface area contributed by atoms with Crippen LogP contribution < -0.4 is 0 Å². The highest BCUT2D eigenvalue weighted by molar-refractivity contribution is 7.92. The lowest BCUT2D eigenvalue weighted by molar-refractivity contribution is -0.141. The molecule has 1 atom stereocenters. The van der Waals surface area contributed by atoms with Gasteiger partial charge in [-0.15, -0.1) is 0 Å². The van der Waals surface area contributed by atoms with Crippen molar-refractivity contribution in [2.75, 3.05) is 5.75 Å². The Morgan fingerprint density at radius 1 is 1.22 bits per heavy atom. The lowest BCUT2D eigenvalue weighted by atomic mass is 10.2. The number of halogens is 6. The quantitative estimate of drug-likeness (QED) is 0.565. The smallest absolute Gasteiger partial charge is 0.318 e. The largest absolute Gasteiger partial charge is 0.391 e. The average Bonchev–Trinajstić information content (AvgIpc) is 2.86. The molecule has 0 aliphatic heterocycles. The lowest BCUT2D eigenvalue weighted by Gasteiger charge is -2.16. The predicted octanol–water partition coefficient (Wildman–Crippen LogP) is 5.01. The Hall–Kier alpha value is -1.29. The first kappa shape index (κ1) is 22.0. The van der Waals surface area contributed by atoms with Gasteiger partial charge in [-0.1, -0.05) is 40.9 Å². The SMILES string of the molecule is CC(CC(F)(F)F)n1cnc(C(=O)CS(=O)(=O)c2c(Cl)cccc2Cl)c1Cl. The number of rotatable bonds is 6. The zero-order valence-electron chi connectivity index (χ0n) is 13.6. The molecule has 0 bridgehead atoms. The van der Waals surface area contributed by atoms with E-state index in [9.17, 15) is 26.4 Å². The predicted molar refractivity (Wildman–Crippen MR) is 95.5 cm³/mol. The number of hydrogen-bond donors (Lipinski definition) is 0. The molecular formula is C15H12Cl3F3N2O3S. The van der Waals surface area contributed by atoms with Gasteiger partial charge in [-0.3, -0.25) is 4.79 Å². The van der Waals surface area contributed by atoms with Gasteiger partial charge in [0.2, 0.25) is 0 Å². The Morgan fingerprint density at radius 3 is 2.30 bits per heavy atom. The Balaban J connectivity index is 2.29. The van der Waals surface area contributed by atoms with Crippen molar-refractivity contribution in [3.05, 3.63) is 45.4 Å². The number of ketones is 1. The van der Waals surface area contributed by atoms with Crippen molar-refractivity contribution in [2.24, 2.45) is 0 Å². The van der Waals surface area contributed by atoms with E-state index in [-0.39, 0.29) is 15.2 Å². The number of carbonyl (C=O) groups is 1. The number of sulfone groups is 1. The highest BCUT2D eigenvalue weighted by Crippen LogP contribution is 2.32. The minimum atomic E-state index is -4.44. The molecule has 1 aromatic heterocycles. The van der Waals surface area contributed by atoms with Crippen LogP contribution in [0.5, 0.6) is 0 Å². The third kappa shape index (κ3) is 5.16. The molecule has 0 amide bonds. The van der Waals surface area contributed by atoms with Crippen LogP contribution in [0.25, 0.3) is 0 Å². The number of hydrogen-bond acceptors (Lipinski definition) is 4. The Morgan fingerprint density at radius 2 is 1.78 bits per heavy atom. The summed E-state index contributed by atoms with van der Waals surface area (Å²) < 4.78 is 63.5. The summed E-state index contributed by atoms with van der Waals surface area (Å²) in [5, 5.41) is -0.700. The van der Waals surface area contributed by atoms with Crippen LogP contribution in [0.4, 0.5) is 13.2 Å². The summed E-state index contributed by atoms with van der Waals surface area (Å²) in [5.41, 5.74) is -0.447. The van der Waals surface area contributed by atoms with Gasteiger partial charge in [-0.2, -0.15) is 13.2 Å². The number of alkyl halides is 3. The van der Waals surface area contributed by atoms with Crippen LogP contribution in [0.2, 0.25) is 15.2 Å². The van der Waals surface area contributed by atoms with Gasteiger partial charge in [0.05, 0.1) is 22.8 Å². The molecule has 1 unspecified atom stereocenters. The molecule has 12 heteroatoms. The maximum absolute atomic E-state index is 12.5. The summed E-state index contributed by atoms with van der Waals surface area (Å²) in [6.45, 7) is 1.25. The zero-order chi connectivity index (χ0) is 20.6. The van der Waals surface area contributed by atoms with Gasteiger partial charge in [0.1, 0.15) is 21.5 Å². The third-order valence-electron chi connectivity index (χ3n) is 3.55. The van der Waals surface area contributed by atoms with Crippen LogP contribution in [0.15, 0.2) is 29.4 Å². The lowest BCUT2D eigenvalue weighted by Crippen LogP contribution is -2.19. The number of imidazole rings is 1. The molecule has 0 saturated heterocycles. The van der Waals surface area contributed by atoms with Crippen molar-refractivity contribution in [1.29, 1.82) is 0 Å². The summed E-state index contributed by atoms with van der Waals surface area (Å²) in [4.78, 5) is 15.6. The van der Waals surface area contributed by atoms with E-state index in [4.69, 9.17) is 34.8 Å². The van der Waals surface area contributed by atoms with Gasteiger partial charge < -0.3 is 4.57 Å². The van der Waals surface area contributed by atoms with Gasteiger partial charge >= 0.3 is 6.18 Å². The highest BCUT2D eigenvalue weighted by atomic mass is 35.5. The summed E-state index contributed by atoms with van der Waals surface area (Å²) in [6, 6.07) is 2.91. The van der Waals surface area contributed by atoms with Gasteiger partial charge in [-0.05, 0) is 19.1 Å². The minimum absolute atomic E-state index is 0.161. The van der Waals surface area contributed by atoms with Crippen LogP contribution in [0.3, 0.4) is 0 Å². The zero-order valence-corrected chi connectivity index (χ0v) is 16.7. The van der Waals surface area contributed by atoms with Crippen LogP contribution in [-0.2, 0) is 9.84 Å². The van der Waals surface area contributed by atoms with Gasteiger partial charge in [0, 0.05) is 6.04 Å². The van der Waals surface area contributed by atoms with E-state index in [1.165, 1.54) is 25.1 Å². The van der Waals surface area contributed by atoms with Gasteiger partial charge in [0.25, 0.3) is 0 Å². The fraction of sp³-hybridized carbons (Fsp3) is 0.333. The molecule has 2 aromatic rings. The molecule has 0 aliphatic carbocycles. The van der Waals surface area contributed by atoms with Crippen LogP contribution in [0, 0.1) is 0 Å². The minimum Gasteiger partial charge on any atom is -0.318 e. The summed E-state index contributed by atoms with van der Waals surface area (Å²) in [7, 11) is -4.23. The van der Waals surface area contributed by atoms with E-state index in [1.807, 2.05) is 0 Å². The van der Waals surface area contributed by atoms with Crippen molar-refractivity contribution in [1.82, 2.24) is 9.55 Å². The molecule has 27 heavy (non-hydrogen) atoms. The topological polar surface area (TPSA) is 69.0 Å². The molecule has 0 radical (unpaired) electrons. The standard InChI is InChI=1S/C15H12Cl3F3N2O3S/c1-8(5-15(19,20)21)23-7-22-12(14(23)18)11(24)6-27(25,26)13-9(16)3-2-4-10(13)17/h2-4,7-8H,5-6H2,1H3. The molecule has 0 N–H and O–H groups in total. The molecule has 2 rings (SSSR count). The first-order valence-electron chi connectivity index (χ1n) is 7.32. The van der Waals surface area contributed by atoms with Crippen molar-refractivity contribution in [3.63, 3.8) is 0 Å². The highest BCUT2D eigenvalue weighted by Gasteiger charge is 2.33. The normalized spacial score (nSPS) is 13.6. The van der Waals surface area contributed by atoms with E-state index in [0.717, 1.165) is 10.9 Å². The molecule has 5 nitrogen and oxygen atoms in total. The van der Waals surface area contributed by atoms with Crippen LogP contribution in [0.1, 0.15) is 29.9 Å². The second-order valence-corrected chi connectivity index (χ2v) is 8.79. The average molecular weight is 464 g/mol. The summed E-state index contributed by atoms with van der Waals surface area (Å²) in [5.74, 6) is -2.03. The fourth-order valence-corrected chi connectivity index (χ4v) is 5.19. The Labute approximate surface area is 168 Å². The number of nitrogens with zero attached hydrogens (tertiary/aromatic N) is 2. The third-order valence-corrected chi connectivity index (χ3v) is 6.48. The fourth-order valence-electron chi connectivity index (χ4n) is 2.37. The maximum atomic E-state index is 12.5. The van der Waals surface area contributed by atoms with E-state index in [1.54, 1.807) is 0 Å². The first-order chi connectivity index (χ1) is 12.3. The van der Waals surface area contributed by atoms with E-state index < -0.39 is 50.6 Å². The summed E-state index contributed by atoms with van der Waals surface area (Å²) in [6.07, 6.45) is -4.67. The van der Waals surface area contributed by atoms with Crippen LogP contribution >= 0.6 is 34.8 Å². The van der Waals surface area contributed by atoms with E-state index in [0.29, 0.717) is 0 Å². The number of aromatic nitrogens is 2. The van der Waals surface area contributed by atoms with Crippen molar-refractivity contribution >= 4 is 50.4 Å². The second-order valence-electron chi connectivity index (χ2n) is 5.69. The van der Waals surface area contributed by atoms with Gasteiger partial charge in [0.15, 0.2) is 15.6 Å². The van der Waals surface area contributed by atoms with Crippen molar-refractivity contribution in [2.45, 2.75) is 30.5 Å². The Kier molecular flexibility index (Phi) is 6.51. The number of carbonyl (C=O) groups excluding carboxylic acids is 1. The van der Waals surface area contributed by atoms with Crippen molar-refractivity contribution in [3.8, 4) is 0 Å². The summed E-state index contributed by atoms with van der Waals surface area (Å²) >= 11 is 17.7. The molecule has 148 valence electrons. The molecular weight excluding hydrogens is 452 g/mol. The molecule has 0 saturated carbocycles. The number of Topliss-reactive ketones (excluding diaryl/α,β-unsaturated/α-hetero) is 1.